The Morgan fingerprint density at radius 2 is 2.06 bits per heavy atom. The van der Waals surface area contributed by atoms with Crippen molar-refractivity contribution in [1.29, 1.82) is 0 Å². The van der Waals surface area contributed by atoms with E-state index in [4.69, 9.17) is 0 Å². The Balaban J connectivity index is 2.16. The van der Waals surface area contributed by atoms with Crippen LogP contribution >= 0.6 is 11.8 Å². The van der Waals surface area contributed by atoms with Crippen molar-refractivity contribution in [1.82, 2.24) is 4.90 Å². The van der Waals surface area contributed by atoms with Gasteiger partial charge in [0.25, 0.3) is 0 Å². The number of benzene rings is 1. The lowest BCUT2D eigenvalue weighted by molar-refractivity contribution is 0.225. The predicted molar refractivity (Wildman–Crippen MR) is 78.2 cm³/mol. The van der Waals surface area contributed by atoms with Crippen molar-refractivity contribution < 1.29 is 4.79 Å². The van der Waals surface area contributed by atoms with Crippen molar-refractivity contribution in [3.63, 3.8) is 0 Å². The molecule has 2 rings (SSSR count). The zero-order valence-electron chi connectivity index (χ0n) is 11.2. The van der Waals surface area contributed by atoms with Crippen molar-refractivity contribution >= 4 is 23.5 Å². The van der Waals surface area contributed by atoms with Crippen LogP contribution in [0.2, 0.25) is 0 Å². The van der Waals surface area contributed by atoms with Gasteiger partial charge in [0.2, 0.25) is 0 Å². The number of carbonyl (C=O) groups excluding carboxylic acids is 1. The maximum Gasteiger partial charge on any atom is 0.322 e. The smallest absolute Gasteiger partial charge is 0.314 e. The molecule has 1 N–H and O–H groups in total. The summed E-state index contributed by atoms with van der Waals surface area (Å²) in [6, 6.07) is 8.04. The number of urea groups is 1. The summed E-state index contributed by atoms with van der Waals surface area (Å²) in [7, 11) is 0. The van der Waals surface area contributed by atoms with Crippen LogP contribution in [0.1, 0.15) is 26.3 Å². The second-order valence-electron chi connectivity index (χ2n) is 5.53. The van der Waals surface area contributed by atoms with E-state index in [2.05, 4.69) is 32.2 Å². The fourth-order valence-electron chi connectivity index (χ4n) is 2.01. The Morgan fingerprint density at radius 1 is 1.33 bits per heavy atom. The predicted octanol–water partition coefficient (Wildman–Crippen LogP) is 3.52. The number of hydrogen-bond donors (Lipinski definition) is 1. The first kappa shape index (κ1) is 13.3. The number of nitrogens with one attached hydrogen (secondary N) is 1. The molecule has 4 heteroatoms. The maximum atomic E-state index is 12.1. The molecule has 0 aromatic heterocycles. The lowest BCUT2D eigenvalue weighted by atomic mass is 9.86. The van der Waals surface area contributed by atoms with Gasteiger partial charge in [0.1, 0.15) is 0 Å². The Bertz CT molecular complexity index is 434. The van der Waals surface area contributed by atoms with Crippen LogP contribution in [-0.2, 0) is 5.41 Å². The standard InChI is InChI=1S/C14H20N2OS/c1-14(2,3)11-6-4-5-7-12(11)15-13(17)16-8-9-18-10-16/h4-7H,8-10H2,1-3H3,(H,15,17). The Kier molecular flexibility index (Phi) is 3.85. The van der Waals surface area contributed by atoms with Crippen LogP contribution in [0.3, 0.4) is 0 Å². The molecule has 1 fully saturated rings. The van der Waals surface area contributed by atoms with Gasteiger partial charge in [-0.3, -0.25) is 0 Å². The Labute approximate surface area is 113 Å². The van der Waals surface area contributed by atoms with Crippen molar-refractivity contribution in [2.45, 2.75) is 26.2 Å². The molecule has 0 saturated carbocycles. The monoisotopic (exact) mass is 264 g/mol. The SMILES string of the molecule is CC(C)(C)c1ccccc1NC(=O)N1CCSC1. The van der Waals surface area contributed by atoms with Crippen molar-refractivity contribution in [3.8, 4) is 0 Å². The lowest BCUT2D eigenvalue weighted by Gasteiger charge is -2.24. The molecule has 1 aromatic rings. The van der Waals surface area contributed by atoms with Crippen LogP contribution in [0, 0.1) is 0 Å². The fraction of sp³-hybridized carbons (Fsp3) is 0.500. The molecule has 1 aliphatic rings. The van der Waals surface area contributed by atoms with E-state index in [9.17, 15) is 4.79 Å². The molecule has 18 heavy (non-hydrogen) atoms. The van der Waals surface area contributed by atoms with Crippen molar-refractivity contribution in [2.75, 3.05) is 23.5 Å². The highest BCUT2D eigenvalue weighted by atomic mass is 32.2. The van der Waals surface area contributed by atoms with E-state index in [0.29, 0.717) is 0 Å². The van der Waals surface area contributed by atoms with Gasteiger partial charge in [-0.1, -0.05) is 39.0 Å². The molecule has 2 amide bonds. The van der Waals surface area contributed by atoms with Gasteiger partial charge in [-0.2, -0.15) is 0 Å². The first-order valence-electron chi connectivity index (χ1n) is 6.21. The molecule has 1 saturated heterocycles. The van der Waals surface area contributed by atoms with Gasteiger partial charge in [-0.05, 0) is 17.0 Å². The summed E-state index contributed by atoms with van der Waals surface area (Å²) in [4.78, 5) is 13.9. The van der Waals surface area contributed by atoms with E-state index in [1.54, 1.807) is 11.8 Å². The second kappa shape index (κ2) is 5.22. The molecular formula is C14H20N2OS. The highest BCUT2D eigenvalue weighted by Gasteiger charge is 2.22. The largest absolute Gasteiger partial charge is 0.322 e. The van der Waals surface area contributed by atoms with Crippen LogP contribution in [0.25, 0.3) is 0 Å². The number of hydrogen-bond acceptors (Lipinski definition) is 2. The molecule has 0 spiro atoms. The molecule has 0 aliphatic carbocycles. The van der Waals surface area contributed by atoms with Gasteiger partial charge < -0.3 is 10.2 Å². The minimum absolute atomic E-state index is 0.0108. The molecule has 1 heterocycles. The summed E-state index contributed by atoms with van der Waals surface area (Å²) < 4.78 is 0. The third-order valence-corrected chi connectivity index (χ3v) is 3.98. The van der Waals surface area contributed by atoms with Gasteiger partial charge in [-0.25, -0.2) is 4.79 Å². The summed E-state index contributed by atoms with van der Waals surface area (Å²) in [6.07, 6.45) is 0. The molecule has 98 valence electrons. The zero-order chi connectivity index (χ0) is 13.2. The van der Waals surface area contributed by atoms with Crippen LogP contribution in [0.15, 0.2) is 24.3 Å². The molecule has 1 aromatic carbocycles. The number of thioether (sulfide) groups is 1. The molecule has 0 atom stereocenters. The first-order valence-corrected chi connectivity index (χ1v) is 7.37. The molecule has 1 aliphatic heterocycles. The Hall–Kier alpha value is -1.16. The van der Waals surface area contributed by atoms with Crippen LogP contribution in [0.4, 0.5) is 10.5 Å². The summed E-state index contributed by atoms with van der Waals surface area (Å²) in [5.41, 5.74) is 2.13. The van der Waals surface area contributed by atoms with Gasteiger partial charge in [0.05, 0.1) is 5.88 Å². The zero-order valence-corrected chi connectivity index (χ0v) is 12.0. The lowest BCUT2D eigenvalue weighted by Crippen LogP contribution is -2.33. The second-order valence-corrected chi connectivity index (χ2v) is 6.60. The number of carbonyl (C=O) groups is 1. The minimum Gasteiger partial charge on any atom is -0.314 e. The average Bonchev–Trinajstić information content (AvgIpc) is 2.81. The highest BCUT2D eigenvalue weighted by Crippen LogP contribution is 2.29. The summed E-state index contributed by atoms with van der Waals surface area (Å²) in [5.74, 6) is 1.83. The van der Waals surface area contributed by atoms with Gasteiger partial charge in [-0.15, -0.1) is 11.8 Å². The highest BCUT2D eigenvalue weighted by molar-refractivity contribution is 7.99. The maximum absolute atomic E-state index is 12.1. The molecular weight excluding hydrogens is 244 g/mol. The van der Waals surface area contributed by atoms with E-state index in [1.165, 1.54) is 5.56 Å². The van der Waals surface area contributed by atoms with Crippen LogP contribution in [0.5, 0.6) is 0 Å². The van der Waals surface area contributed by atoms with Gasteiger partial charge in [0.15, 0.2) is 0 Å². The van der Waals surface area contributed by atoms with E-state index in [-0.39, 0.29) is 11.4 Å². The van der Waals surface area contributed by atoms with Crippen molar-refractivity contribution in [2.24, 2.45) is 0 Å². The normalized spacial score (nSPS) is 15.8. The number of anilines is 1. The topological polar surface area (TPSA) is 32.3 Å². The number of nitrogens with zero attached hydrogens (tertiary/aromatic N) is 1. The van der Waals surface area contributed by atoms with Crippen LogP contribution < -0.4 is 5.32 Å². The van der Waals surface area contributed by atoms with Gasteiger partial charge in [0, 0.05) is 18.0 Å². The molecule has 0 radical (unpaired) electrons. The summed E-state index contributed by atoms with van der Waals surface area (Å²) >= 11 is 1.80. The van der Waals surface area contributed by atoms with E-state index in [0.717, 1.165) is 23.9 Å². The third-order valence-electron chi connectivity index (χ3n) is 3.02. The average molecular weight is 264 g/mol. The van der Waals surface area contributed by atoms with Crippen molar-refractivity contribution in [3.05, 3.63) is 29.8 Å². The number of para-hydroxylation sites is 1. The summed E-state index contributed by atoms with van der Waals surface area (Å²) in [5, 5.41) is 3.03. The van der Waals surface area contributed by atoms with E-state index in [1.807, 2.05) is 23.1 Å². The molecule has 0 bridgehead atoms. The molecule has 3 nitrogen and oxygen atoms in total. The quantitative estimate of drug-likeness (QED) is 0.841. The number of amides is 2. The Morgan fingerprint density at radius 3 is 2.67 bits per heavy atom. The van der Waals surface area contributed by atoms with Gasteiger partial charge >= 0.3 is 6.03 Å². The number of rotatable bonds is 1. The van der Waals surface area contributed by atoms with E-state index >= 15 is 0 Å². The van der Waals surface area contributed by atoms with Crippen LogP contribution in [-0.4, -0.2) is 29.1 Å². The third kappa shape index (κ3) is 2.99. The first-order chi connectivity index (χ1) is 8.48. The fourth-order valence-corrected chi connectivity index (χ4v) is 2.96. The van der Waals surface area contributed by atoms with E-state index < -0.39 is 0 Å². The summed E-state index contributed by atoms with van der Waals surface area (Å²) in [6.45, 7) is 7.31. The minimum atomic E-state index is 0.0108. The molecule has 0 unspecified atom stereocenters.